The van der Waals surface area contributed by atoms with Gasteiger partial charge in [-0.2, -0.15) is 0 Å². The lowest BCUT2D eigenvalue weighted by molar-refractivity contribution is -0.140. The Morgan fingerprint density at radius 1 is 1.21 bits per heavy atom. The summed E-state index contributed by atoms with van der Waals surface area (Å²) in [7, 11) is 0. The summed E-state index contributed by atoms with van der Waals surface area (Å²) >= 11 is 0. The number of ether oxygens (including phenoxy) is 1. The van der Waals surface area contributed by atoms with E-state index in [9.17, 15) is 9.59 Å². The van der Waals surface area contributed by atoms with Gasteiger partial charge >= 0.3 is 5.97 Å². The van der Waals surface area contributed by atoms with E-state index in [0.717, 1.165) is 51.9 Å². The summed E-state index contributed by atoms with van der Waals surface area (Å²) < 4.78 is 5.41. The van der Waals surface area contributed by atoms with E-state index in [4.69, 9.17) is 9.84 Å². The van der Waals surface area contributed by atoms with E-state index >= 15 is 0 Å². The monoisotopic (exact) mass is 336 g/mol. The second kappa shape index (κ2) is 6.30. The third kappa shape index (κ3) is 3.45. The summed E-state index contributed by atoms with van der Waals surface area (Å²) in [5.74, 6) is 0.342. The number of amides is 1. The Balaban J connectivity index is 1.22. The van der Waals surface area contributed by atoms with E-state index < -0.39 is 5.97 Å². The molecule has 0 aromatic heterocycles. The molecule has 134 valence electrons. The third-order valence-electron chi connectivity index (χ3n) is 6.50. The first-order valence-electron chi connectivity index (χ1n) is 9.40. The van der Waals surface area contributed by atoms with Gasteiger partial charge in [-0.3, -0.25) is 14.5 Å². The van der Waals surface area contributed by atoms with E-state index in [1.807, 2.05) is 0 Å². The van der Waals surface area contributed by atoms with Gasteiger partial charge in [-0.15, -0.1) is 0 Å². The molecule has 0 unspecified atom stereocenters. The van der Waals surface area contributed by atoms with Crippen molar-refractivity contribution < 1.29 is 19.4 Å². The first-order valence-corrected chi connectivity index (χ1v) is 9.40. The molecule has 4 aliphatic rings. The summed E-state index contributed by atoms with van der Waals surface area (Å²) in [4.78, 5) is 25.6. The summed E-state index contributed by atoms with van der Waals surface area (Å²) in [6, 6.07) is 0.554. The number of hydrogen-bond acceptors (Lipinski definition) is 4. The zero-order valence-electron chi connectivity index (χ0n) is 14.2. The smallest absolute Gasteiger partial charge is 0.317 e. The normalized spacial score (nSPS) is 34.0. The molecule has 3 aliphatic carbocycles. The van der Waals surface area contributed by atoms with Crippen molar-refractivity contribution in [2.75, 3.05) is 26.3 Å². The van der Waals surface area contributed by atoms with E-state index in [1.165, 1.54) is 12.8 Å². The van der Waals surface area contributed by atoms with Crippen LogP contribution in [0.4, 0.5) is 0 Å². The molecule has 1 amide bonds. The fourth-order valence-corrected chi connectivity index (χ4v) is 4.50. The van der Waals surface area contributed by atoms with Crippen LogP contribution < -0.4 is 5.32 Å². The predicted molar refractivity (Wildman–Crippen MR) is 87.5 cm³/mol. The fraction of sp³-hybridized carbons (Fsp3) is 0.889. The van der Waals surface area contributed by atoms with Crippen molar-refractivity contribution in [2.24, 2.45) is 17.3 Å². The summed E-state index contributed by atoms with van der Waals surface area (Å²) in [5, 5.41) is 12.3. The molecule has 1 heterocycles. The number of carbonyl (C=O) groups excluding carboxylic acids is 1. The van der Waals surface area contributed by atoms with Gasteiger partial charge in [0.2, 0.25) is 5.91 Å². The summed E-state index contributed by atoms with van der Waals surface area (Å²) in [6.07, 6.45) is 7.32. The first kappa shape index (κ1) is 16.3. The SMILES string of the molecule is O=C(O)CN(CC1CC1)C1CC(NC(=O)[C@H]2CC23CCOCC3)C1. The molecule has 24 heavy (non-hydrogen) atoms. The molecule has 2 N–H and O–H groups in total. The van der Waals surface area contributed by atoms with Crippen molar-refractivity contribution in [3.63, 3.8) is 0 Å². The topological polar surface area (TPSA) is 78.9 Å². The molecule has 1 atom stereocenters. The van der Waals surface area contributed by atoms with Gasteiger partial charge in [-0.25, -0.2) is 0 Å². The second-order valence-corrected chi connectivity index (χ2v) is 8.33. The number of carboxylic acids is 1. The van der Waals surface area contributed by atoms with Crippen LogP contribution >= 0.6 is 0 Å². The number of rotatable bonds is 7. The Morgan fingerprint density at radius 2 is 1.92 bits per heavy atom. The Morgan fingerprint density at radius 3 is 2.54 bits per heavy atom. The van der Waals surface area contributed by atoms with Crippen LogP contribution in [-0.4, -0.2) is 60.3 Å². The standard InChI is InChI=1S/C18H28N2O4/c21-16(22)11-20(10-12-1-2-12)14-7-13(8-14)19-17(23)15-9-18(15)3-5-24-6-4-18/h12-15H,1-11H2,(H,19,23)(H,21,22)/t13?,14?,15-/m1/s1. The minimum atomic E-state index is -0.748. The molecule has 0 aromatic carbocycles. The number of carboxylic acid groups (broad SMARTS) is 1. The number of nitrogens with one attached hydrogen (secondary N) is 1. The van der Waals surface area contributed by atoms with Gasteiger partial charge < -0.3 is 15.2 Å². The molecule has 0 radical (unpaired) electrons. The third-order valence-corrected chi connectivity index (χ3v) is 6.50. The van der Waals surface area contributed by atoms with Crippen molar-refractivity contribution in [2.45, 2.75) is 57.0 Å². The molecule has 6 nitrogen and oxygen atoms in total. The highest BCUT2D eigenvalue weighted by Crippen LogP contribution is 2.59. The number of carbonyl (C=O) groups is 2. The van der Waals surface area contributed by atoms with Crippen LogP contribution in [0.3, 0.4) is 0 Å². The summed E-state index contributed by atoms with van der Waals surface area (Å²) in [5.41, 5.74) is 0.229. The van der Waals surface area contributed by atoms with Gasteiger partial charge in [-0.05, 0) is 56.3 Å². The van der Waals surface area contributed by atoms with Crippen molar-refractivity contribution in [1.82, 2.24) is 10.2 Å². The Bertz CT molecular complexity index is 507. The second-order valence-electron chi connectivity index (χ2n) is 8.33. The lowest BCUT2D eigenvalue weighted by Gasteiger charge is -2.43. The van der Waals surface area contributed by atoms with E-state index in [1.54, 1.807) is 0 Å². The average Bonchev–Trinajstić information content (AvgIpc) is 3.41. The van der Waals surface area contributed by atoms with Crippen LogP contribution in [0.25, 0.3) is 0 Å². The fourth-order valence-electron chi connectivity index (χ4n) is 4.50. The Hall–Kier alpha value is -1.14. The number of aliphatic carboxylic acids is 1. The van der Waals surface area contributed by atoms with E-state index in [0.29, 0.717) is 12.0 Å². The number of hydrogen-bond donors (Lipinski definition) is 2. The minimum absolute atomic E-state index is 0.133. The molecular formula is C18H28N2O4. The Labute approximate surface area is 142 Å². The molecule has 3 saturated carbocycles. The lowest BCUT2D eigenvalue weighted by atomic mass is 9.84. The molecule has 4 fully saturated rings. The molecule has 1 saturated heterocycles. The highest BCUT2D eigenvalue weighted by atomic mass is 16.5. The zero-order chi connectivity index (χ0) is 16.7. The van der Waals surface area contributed by atoms with Crippen LogP contribution in [0.1, 0.15) is 44.9 Å². The molecular weight excluding hydrogens is 308 g/mol. The maximum atomic E-state index is 12.5. The van der Waals surface area contributed by atoms with Gasteiger partial charge in [0.25, 0.3) is 0 Å². The molecule has 0 bridgehead atoms. The highest BCUT2D eigenvalue weighted by molar-refractivity contribution is 5.83. The minimum Gasteiger partial charge on any atom is -0.480 e. The first-order chi connectivity index (χ1) is 11.6. The largest absolute Gasteiger partial charge is 0.480 e. The van der Waals surface area contributed by atoms with Crippen LogP contribution in [-0.2, 0) is 14.3 Å². The maximum Gasteiger partial charge on any atom is 0.317 e. The Kier molecular flexibility index (Phi) is 4.29. The molecule has 4 rings (SSSR count). The quantitative estimate of drug-likeness (QED) is 0.731. The van der Waals surface area contributed by atoms with Gasteiger partial charge in [-0.1, -0.05) is 0 Å². The predicted octanol–water partition coefficient (Wildman–Crippen LogP) is 1.25. The van der Waals surface area contributed by atoms with Gasteiger partial charge in [0.15, 0.2) is 0 Å². The van der Waals surface area contributed by atoms with Gasteiger partial charge in [0, 0.05) is 37.8 Å². The number of nitrogens with zero attached hydrogens (tertiary/aromatic N) is 1. The molecule has 0 aromatic rings. The zero-order valence-corrected chi connectivity index (χ0v) is 14.2. The van der Waals surface area contributed by atoms with Gasteiger partial charge in [0.05, 0.1) is 6.54 Å². The molecule has 6 heteroatoms. The highest BCUT2D eigenvalue weighted by Gasteiger charge is 2.58. The van der Waals surface area contributed by atoms with Crippen LogP contribution in [0.15, 0.2) is 0 Å². The average molecular weight is 336 g/mol. The lowest BCUT2D eigenvalue weighted by Crippen LogP contribution is -2.55. The molecule has 1 spiro atoms. The van der Waals surface area contributed by atoms with E-state index in [2.05, 4.69) is 10.2 Å². The van der Waals surface area contributed by atoms with Crippen molar-refractivity contribution in [3.05, 3.63) is 0 Å². The van der Waals surface area contributed by atoms with Crippen LogP contribution in [0.5, 0.6) is 0 Å². The summed E-state index contributed by atoms with van der Waals surface area (Å²) in [6.45, 7) is 2.62. The van der Waals surface area contributed by atoms with Crippen LogP contribution in [0, 0.1) is 17.3 Å². The van der Waals surface area contributed by atoms with Crippen molar-refractivity contribution in [3.8, 4) is 0 Å². The maximum absolute atomic E-state index is 12.5. The van der Waals surface area contributed by atoms with E-state index in [-0.39, 0.29) is 29.8 Å². The molecule has 1 aliphatic heterocycles. The van der Waals surface area contributed by atoms with Gasteiger partial charge in [0.1, 0.15) is 0 Å². The van der Waals surface area contributed by atoms with Crippen LogP contribution in [0.2, 0.25) is 0 Å². The van der Waals surface area contributed by atoms with Crippen molar-refractivity contribution >= 4 is 11.9 Å². The van der Waals surface area contributed by atoms with Crippen molar-refractivity contribution in [1.29, 1.82) is 0 Å².